The highest BCUT2D eigenvalue weighted by Crippen LogP contribution is 2.27. The van der Waals surface area contributed by atoms with Gasteiger partial charge in [-0.2, -0.15) is 11.8 Å². The first-order chi connectivity index (χ1) is 9.22. The van der Waals surface area contributed by atoms with Crippen LogP contribution in [-0.2, 0) is 5.75 Å². The van der Waals surface area contributed by atoms with Gasteiger partial charge in [-0.1, -0.05) is 19.4 Å². The van der Waals surface area contributed by atoms with Crippen molar-refractivity contribution in [2.75, 3.05) is 19.4 Å². The molecule has 0 aromatic heterocycles. The van der Waals surface area contributed by atoms with Crippen molar-refractivity contribution < 1.29 is 4.74 Å². The van der Waals surface area contributed by atoms with Gasteiger partial charge >= 0.3 is 0 Å². The lowest BCUT2D eigenvalue weighted by molar-refractivity contribution is 0.337. The maximum Gasteiger partial charge on any atom is 0.123 e. The Hall–Kier alpha value is -0.670. The van der Waals surface area contributed by atoms with E-state index in [2.05, 4.69) is 37.4 Å². The molecule has 1 N–H and O–H groups in total. The van der Waals surface area contributed by atoms with Gasteiger partial charge in [-0.25, -0.2) is 0 Å². The van der Waals surface area contributed by atoms with E-state index in [-0.39, 0.29) is 0 Å². The number of ether oxygens (including phenoxy) is 1. The van der Waals surface area contributed by atoms with E-state index < -0.39 is 0 Å². The van der Waals surface area contributed by atoms with E-state index in [1.807, 2.05) is 25.7 Å². The van der Waals surface area contributed by atoms with Crippen LogP contribution in [0.3, 0.4) is 0 Å². The first-order valence-corrected chi connectivity index (χ1v) is 8.39. The summed E-state index contributed by atoms with van der Waals surface area (Å²) in [5, 5.41) is 3.29. The molecule has 108 valence electrons. The van der Waals surface area contributed by atoms with Gasteiger partial charge in [0.05, 0.1) is 6.61 Å². The number of unbranched alkanes of at least 4 members (excludes halogenated alkanes) is 1. The zero-order valence-electron chi connectivity index (χ0n) is 12.7. The smallest absolute Gasteiger partial charge is 0.123 e. The Morgan fingerprint density at radius 1 is 1.32 bits per heavy atom. The van der Waals surface area contributed by atoms with Crippen LogP contribution >= 0.6 is 11.8 Å². The first kappa shape index (κ1) is 16.4. The van der Waals surface area contributed by atoms with Crippen molar-refractivity contribution in [3.8, 4) is 5.75 Å². The number of thioether (sulfide) groups is 1. The highest BCUT2D eigenvalue weighted by atomic mass is 32.2. The molecule has 1 atom stereocenters. The fraction of sp³-hybridized carbons (Fsp3) is 0.625. The standard InChI is InChI=1S/C16H27NOS/c1-5-7-10-19-12-15-11-14(13(3)17-4)8-9-16(15)18-6-2/h8-9,11,13,17H,5-7,10,12H2,1-4H3. The molecule has 0 aliphatic rings. The summed E-state index contributed by atoms with van der Waals surface area (Å²) in [7, 11) is 2.00. The Bertz CT molecular complexity index is 368. The van der Waals surface area contributed by atoms with Crippen LogP contribution in [0.2, 0.25) is 0 Å². The molecule has 0 amide bonds. The number of nitrogens with one attached hydrogen (secondary N) is 1. The molecule has 0 radical (unpaired) electrons. The normalized spacial score (nSPS) is 12.4. The third kappa shape index (κ3) is 5.45. The molecule has 0 spiro atoms. The van der Waals surface area contributed by atoms with Crippen LogP contribution in [0.15, 0.2) is 18.2 Å². The molecule has 0 heterocycles. The average Bonchev–Trinajstić information content (AvgIpc) is 2.44. The Morgan fingerprint density at radius 2 is 2.11 bits per heavy atom. The second-order valence-corrected chi connectivity index (χ2v) is 5.82. The van der Waals surface area contributed by atoms with E-state index in [1.54, 1.807) is 0 Å². The fourth-order valence-corrected chi connectivity index (χ4v) is 2.96. The summed E-state index contributed by atoms with van der Waals surface area (Å²) in [5.41, 5.74) is 2.65. The lowest BCUT2D eigenvalue weighted by atomic mass is 10.1. The summed E-state index contributed by atoms with van der Waals surface area (Å²) in [6, 6.07) is 6.94. The highest BCUT2D eigenvalue weighted by Gasteiger charge is 2.08. The lowest BCUT2D eigenvalue weighted by Crippen LogP contribution is -2.12. The van der Waals surface area contributed by atoms with Crippen LogP contribution in [0, 0.1) is 0 Å². The van der Waals surface area contributed by atoms with E-state index in [0.717, 1.165) is 18.1 Å². The third-order valence-corrected chi connectivity index (χ3v) is 4.31. The topological polar surface area (TPSA) is 21.3 Å². The van der Waals surface area contributed by atoms with Crippen molar-refractivity contribution in [3.05, 3.63) is 29.3 Å². The maximum atomic E-state index is 5.73. The first-order valence-electron chi connectivity index (χ1n) is 7.23. The van der Waals surface area contributed by atoms with E-state index in [9.17, 15) is 0 Å². The summed E-state index contributed by atoms with van der Waals surface area (Å²) in [6.07, 6.45) is 2.56. The van der Waals surface area contributed by atoms with E-state index in [4.69, 9.17) is 4.74 Å². The minimum absolute atomic E-state index is 0.384. The maximum absolute atomic E-state index is 5.73. The Kier molecular flexibility index (Phi) is 7.99. The van der Waals surface area contributed by atoms with Crippen molar-refractivity contribution in [1.29, 1.82) is 0 Å². The van der Waals surface area contributed by atoms with E-state index >= 15 is 0 Å². The van der Waals surface area contributed by atoms with Gasteiger partial charge in [0.1, 0.15) is 5.75 Å². The fourth-order valence-electron chi connectivity index (χ4n) is 1.87. The van der Waals surface area contributed by atoms with Crippen LogP contribution in [0.5, 0.6) is 5.75 Å². The van der Waals surface area contributed by atoms with Gasteiger partial charge in [0.15, 0.2) is 0 Å². The molecule has 19 heavy (non-hydrogen) atoms. The summed E-state index contributed by atoms with van der Waals surface area (Å²) in [4.78, 5) is 0. The Morgan fingerprint density at radius 3 is 2.74 bits per heavy atom. The van der Waals surface area contributed by atoms with E-state index in [0.29, 0.717) is 6.04 Å². The average molecular weight is 281 g/mol. The largest absolute Gasteiger partial charge is 0.494 e. The van der Waals surface area contributed by atoms with Crippen molar-refractivity contribution >= 4 is 11.8 Å². The van der Waals surface area contributed by atoms with Gasteiger partial charge in [0.25, 0.3) is 0 Å². The van der Waals surface area contributed by atoms with Crippen LogP contribution in [0.4, 0.5) is 0 Å². The number of benzene rings is 1. The van der Waals surface area contributed by atoms with Crippen molar-refractivity contribution in [3.63, 3.8) is 0 Å². The van der Waals surface area contributed by atoms with Gasteiger partial charge in [-0.15, -0.1) is 0 Å². The zero-order valence-corrected chi connectivity index (χ0v) is 13.5. The molecule has 0 fully saturated rings. The second kappa shape index (κ2) is 9.27. The molecule has 0 saturated heterocycles. The molecule has 1 aromatic carbocycles. The highest BCUT2D eigenvalue weighted by molar-refractivity contribution is 7.98. The Balaban J connectivity index is 2.76. The quantitative estimate of drug-likeness (QED) is 0.678. The third-order valence-electron chi connectivity index (χ3n) is 3.22. The second-order valence-electron chi connectivity index (χ2n) is 4.72. The Labute approximate surface area is 122 Å². The molecule has 0 saturated carbocycles. The molecular weight excluding hydrogens is 254 g/mol. The molecule has 0 aliphatic carbocycles. The predicted octanol–water partition coefficient (Wildman–Crippen LogP) is 4.40. The van der Waals surface area contributed by atoms with Gasteiger partial charge in [-0.3, -0.25) is 0 Å². The summed E-state index contributed by atoms with van der Waals surface area (Å²) < 4.78 is 5.73. The SMILES string of the molecule is CCCCSCc1cc(C(C)NC)ccc1OCC. The molecule has 1 rings (SSSR count). The van der Waals surface area contributed by atoms with E-state index in [1.165, 1.54) is 29.7 Å². The van der Waals surface area contributed by atoms with Crippen molar-refractivity contribution in [2.24, 2.45) is 0 Å². The van der Waals surface area contributed by atoms with Gasteiger partial charge in [0.2, 0.25) is 0 Å². The summed E-state index contributed by atoms with van der Waals surface area (Å²) in [6.45, 7) is 7.19. The van der Waals surface area contributed by atoms with Gasteiger partial charge in [-0.05, 0) is 50.8 Å². The minimum atomic E-state index is 0.384. The number of hydrogen-bond acceptors (Lipinski definition) is 3. The van der Waals surface area contributed by atoms with Crippen LogP contribution in [0.1, 0.15) is 50.8 Å². The van der Waals surface area contributed by atoms with Crippen molar-refractivity contribution in [1.82, 2.24) is 5.32 Å². The van der Waals surface area contributed by atoms with Gasteiger partial charge in [0, 0.05) is 17.4 Å². The zero-order chi connectivity index (χ0) is 14.1. The molecule has 0 aliphatic heterocycles. The monoisotopic (exact) mass is 281 g/mol. The lowest BCUT2D eigenvalue weighted by Gasteiger charge is -2.15. The van der Waals surface area contributed by atoms with Crippen LogP contribution in [0.25, 0.3) is 0 Å². The van der Waals surface area contributed by atoms with Crippen LogP contribution in [-0.4, -0.2) is 19.4 Å². The molecule has 1 aromatic rings. The predicted molar refractivity (Wildman–Crippen MR) is 86.2 cm³/mol. The molecule has 1 unspecified atom stereocenters. The molecule has 0 bridgehead atoms. The van der Waals surface area contributed by atoms with Crippen molar-refractivity contribution in [2.45, 2.75) is 45.4 Å². The summed E-state index contributed by atoms with van der Waals surface area (Å²) >= 11 is 2.00. The number of hydrogen-bond donors (Lipinski definition) is 1. The number of rotatable bonds is 9. The molecule has 3 heteroatoms. The minimum Gasteiger partial charge on any atom is -0.494 e. The molecule has 2 nitrogen and oxygen atoms in total. The molecular formula is C16H27NOS. The van der Waals surface area contributed by atoms with Gasteiger partial charge < -0.3 is 10.1 Å². The summed E-state index contributed by atoms with van der Waals surface area (Å²) in [5.74, 6) is 3.31. The van der Waals surface area contributed by atoms with Crippen LogP contribution < -0.4 is 10.1 Å².